The molecule has 1 saturated carbocycles. The smallest absolute Gasteiger partial charge is 0.256 e. The molecule has 1 fully saturated rings. The van der Waals surface area contributed by atoms with Crippen molar-refractivity contribution in [1.82, 2.24) is 9.88 Å². The summed E-state index contributed by atoms with van der Waals surface area (Å²) in [6.45, 7) is 0.585. The summed E-state index contributed by atoms with van der Waals surface area (Å²) in [5, 5.41) is 0.980. The first kappa shape index (κ1) is 13.9. The average molecular weight is 299 g/mol. The van der Waals surface area contributed by atoms with Gasteiger partial charge in [0, 0.05) is 30.6 Å². The Hall–Kier alpha value is -2.01. The number of nitrogens with two attached hydrogens (primary N) is 1. The van der Waals surface area contributed by atoms with Gasteiger partial charge >= 0.3 is 0 Å². The van der Waals surface area contributed by atoms with Gasteiger partial charge in [0.25, 0.3) is 5.91 Å². The van der Waals surface area contributed by atoms with Gasteiger partial charge in [0.2, 0.25) is 0 Å². The number of thiocarbonyl (C=S) groups is 1. The fourth-order valence-electron chi connectivity index (χ4n) is 2.50. The maximum Gasteiger partial charge on any atom is 0.256 e. The third-order valence-electron chi connectivity index (χ3n) is 3.71. The number of benzene rings is 1. The second kappa shape index (κ2) is 5.77. The number of pyridine rings is 1. The van der Waals surface area contributed by atoms with Crippen LogP contribution < -0.4 is 5.73 Å². The highest BCUT2D eigenvalue weighted by molar-refractivity contribution is 7.80. The second-order valence-corrected chi connectivity index (χ2v) is 5.85. The van der Waals surface area contributed by atoms with E-state index in [1.807, 2.05) is 35.2 Å². The predicted octanol–water partition coefficient (Wildman–Crippen LogP) is 2.52. The molecule has 0 aliphatic heterocycles. The Bertz CT molecular complexity index is 691. The van der Waals surface area contributed by atoms with Gasteiger partial charge in [-0.15, -0.1) is 0 Å². The first-order chi connectivity index (χ1) is 10.2. The lowest BCUT2D eigenvalue weighted by molar-refractivity contribution is 0.0750. The standard InChI is InChI=1S/C16H17N3OS/c17-14(21)8-10-19(12-6-7-12)16(20)13-5-1-3-11-4-2-9-18-15(11)13/h1-5,9,12H,6-8,10H2,(H2,17,21). The average Bonchev–Trinajstić information content (AvgIpc) is 3.31. The summed E-state index contributed by atoms with van der Waals surface area (Å²) in [5.74, 6) is 0.0260. The van der Waals surface area contributed by atoms with Crippen molar-refractivity contribution in [2.24, 2.45) is 5.73 Å². The number of fused-ring (bicyclic) bond motifs is 1. The van der Waals surface area contributed by atoms with Crippen LogP contribution in [0.15, 0.2) is 36.5 Å². The van der Waals surface area contributed by atoms with Gasteiger partial charge in [-0.2, -0.15) is 0 Å². The number of hydrogen-bond acceptors (Lipinski definition) is 3. The Morgan fingerprint density at radius 1 is 1.33 bits per heavy atom. The van der Waals surface area contributed by atoms with Crippen molar-refractivity contribution < 1.29 is 4.79 Å². The third-order valence-corrected chi connectivity index (χ3v) is 3.91. The first-order valence-corrected chi connectivity index (χ1v) is 7.50. The maximum absolute atomic E-state index is 12.9. The van der Waals surface area contributed by atoms with Gasteiger partial charge in [0.1, 0.15) is 0 Å². The molecule has 0 bridgehead atoms. The lowest BCUT2D eigenvalue weighted by atomic mass is 10.1. The van der Waals surface area contributed by atoms with E-state index in [0.717, 1.165) is 23.7 Å². The van der Waals surface area contributed by atoms with Crippen LogP contribution in [0.3, 0.4) is 0 Å². The number of para-hydroxylation sites is 1. The van der Waals surface area contributed by atoms with E-state index in [0.29, 0.717) is 29.6 Å². The zero-order valence-electron chi connectivity index (χ0n) is 11.7. The van der Waals surface area contributed by atoms with Gasteiger partial charge in [0.15, 0.2) is 0 Å². The molecule has 1 aromatic carbocycles. The molecule has 1 aromatic heterocycles. The molecule has 3 rings (SSSR count). The van der Waals surface area contributed by atoms with Crippen LogP contribution in [0, 0.1) is 0 Å². The van der Waals surface area contributed by atoms with Crippen molar-refractivity contribution in [1.29, 1.82) is 0 Å². The molecule has 4 nitrogen and oxygen atoms in total. The van der Waals surface area contributed by atoms with E-state index in [2.05, 4.69) is 4.98 Å². The number of amides is 1. The number of aromatic nitrogens is 1. The highest BCUT2D eigenvalue weighted by atomic mass is 32.1. The van der Waals surface area contributed by atoms with Crippen molar-refractivity contribution in [3.05, 3.63) is 42.1 Å². The number of nitrogens with zero attached hydrogens (tertiary/aromatic N) is 2. The summed E-state index contributed by atoms with van der Waals surface area (Å²) in [6.07, 6.45) is 4.40. The monoisotopic (exact) mass is 299 g/mol. The van der Waals surface area contributed by atoms with Gasteiger partial charge in [-0.05, 0) is 25.0 Å². The van der Waals surface area contributed by atoms with Crippen LogP contribution in [-0.2, 0) is 0 Å². The van der Waals surface area contributed by atoms with E-state index in [1.54, 1.807) is 6.20 Å². The SMILES string of the molecule is NC(=S)CCN(C(=O)c1cccc2cccnc12)C1CC1. The Labute approximate surface area is 129 Å². The Balaban J connectivity index is 1.92. The zero-order valence-corrected chi connectivity index (χ0v) is 12.5. The maximum atomic E-state index is 12.9. The fraction of sp³-hybridized carbons (Fsp3) is 0.312. The van der Waals surface area contributed by atoms with E-state index in [9.17, 15) is 4.79 Å². The highest BCUT2D eigenvalue weighted by Crippen LogP contribution is 2.29. The van der Waals surface area contributed by atoms with Gasteiger partial charge in [-0.1, -0.05) is 30.4 Å². The molecule has 2 N–H and O–H groups in total. The molecule has 1 amide bonds. The molecule has 108 valence electrons. The number of carbonyl (C=O) groups excluding carboxylic acids is 1. The molecule has 5 heteroatoms. The third kappa shape index (κ3) is 3.03. The summed E-state index contributed by atoms with van der Waals surface area (Å²) >= 11 is 4.93. The van der Waals surface area contributed by atoms with Crippen LogP contribution >= 0.6 is 12.2 Å². The minimum Gasteiger partial charge on any atom is -0.393 e. The van der Waals surface area contributed by atoms with Gasteiger partial charge in [0.05, 0.1) is 16.1 Å². The number of hydrogen-bond donors (Lipinski definition) is 1. The van der Waals surface area contributed by atoms with E-state index >= 15 is 0 Å². The Kier molecular flexibility index (Phi) is 3.84. The van der Waals surface area contributed by atoms with Crippen molar-refractivity contribution in [3.63, 3.8) is 0 Å². The summed E-state index contributed by atoms with van der Waals surface area (Å²) in [5.41, 5.74) is 6.98. The molecular formula is C16H17N3OS. The van der Waals surface area contributed by atoms with Crippen LogP contribution in [-0.4, -0.2) is 33.4 Å². The second-order valence-electron chi connectivity index (χ2n) is 5.33. The topological polar surface area (TPSA) is 59.2 Å². The molecule has 0 atom stereocenters. The minimum atomic E-state index is 0.0260. The van der Waals surface area contributed by atoms with Crippen LogP contribution in [0.1, 0.15) is 29.6 Å². The van der Waals surface area contributed by atoms with Crippen LogP contribution in [0.25, 0.3) is 10.9 Å². The van der Waals surface area contributed by atoms with Crippen molar-refractivity contribution in [2.45, 2.75) is 25.3 Å². The molecule has 1 aliphatic rings. The van der Waals surface area contributed by atoms with Crippen molar-refractivity contribution in [3.8, 4) is 0 Å². The van der Waals surface area contributed by atoms with Crippen LogP contribution in [0.2, 0.25) is 0 Å². The largest absolute Gasteiger partial charge is 0.393 e. The molecule has 0 unspecified atom stereocenters. The molecule has 1 heterocycles. The van der Waals surface area contributed by atoms with Gasteiger partial charge in [-0.3, -0.25) is 9.78 Å². The number of carbonyl (C=O) groups is 1. The lowest BCUT2D eigenvalue weighted by Gasteiger charge is -2.22. The lowest BCUT2D eigenvalue weighted by Crippen LogP contribution is -2.35. The molecule has 0 saturated heterocycles. The fourth-order valence-corrected chi connectivity index (χ4v) is 2.59. The van der Waals surface area contributed by atoms with Crippen molar-refractivity contribution >= 4 is 34.0 Å². The van der Waals surface area contributed by atoms with E-state index in [1.165, 1.54) is 0 Å². The van der Waals surface area contributed by atoms with Crippen molar-refractivity contribution in [2.75, 3.05) is 6.54 Å². The predicted molar refractivity (Wildman–Crippen MR) is 87.2 cm³/mol. The van der Waals surface area contributed by atoms with Gasteiger partial charge < -0.3 is 10.6 Å². The molecule has 2 aromatic rings. The van der Waals surface area contributed by atoms with E-state index < -0.39 is 0 Å². The molecular weight excluding hydrogens is 282 g/mol. The molecule has 21 heavy (non-hydrogen) atoms. The minimum absolute atomic E-state index is 0.0260. The Morgan fingerprint density at radius 2 is 2.10 bits per heavy atom. The zero-order chi connectivity index (χ0) is 14.8. The van der Waals surface area contributed by atoms with Crippen LogP contribution in [0.5, 0.6) is 0 Å². The summed E-state index contributed by atoms with van der Waals surface area (Å²) in [7, 11) is 0. The van der Waals surface area contributed by atoms with Crippen LogP contribution in [0.4, 0.5) is 0 Å². The van der Waals surface area contributed by atoms with Gasteiger partial charge in [-0.25, -0.2) is 0 Å². The first-order valence-electron chi connectivity index (χ1n) is 7.10. The summed E-state index contributed by atoms with van der Waals surface area (Å²) < 4.78 is 0. The molecule has 1 aliphatic carbocycles. The van der Waals surface area contributed by atoms with E-state index in [4.69, 9.17) is 18.0 Å². The van der Waals surface area contributed by atoms with E-state index in [-0.39, 0.29) is 5.91 Å². The molecule has 0 spiro atoms. The quantitative estimate of drug-likeness (QED) is 0.862. The summed E-state index contributed by atoms with van der Waals surface area (Å²) in [6, 6.07) is 9.88. The molecule has 0 radical (unpaired) electrons. The number of rotatable bonds is 5. The Morgan fingerprint density at radius 3 is 2.81 bits per heavy atom. The normalized spacial score (nSPS) is 14.1. The highest BCUT2D eigenvalue weighted by Gasteiger charge is 2.33. The summed E-state index contributed by atoms with van der Waals surface area (Å²) in [4.78, 5) is 19.6.